The van der Waals surface area contributed by atoms with Crippen LogP contribution < -0.4 is 0 Å². The molecular formula is C30H22O2. The van der Waals surface area contributed by atoms with E-state index in [1.54, 1.807) is 0 Å². The van der Waals surface area contributed by atoms with Gasteiger partial charge in [-0.3, -0.25) is 0 Å². The minimum atomic E-state index is 0.329. The maximum atomic E-state index is 5.46. The average Bonchev–Trinajstić information content (AvgIpc) is 2.85. The monoisotopic (exact) mass is 414 g/mol. The second kappa shape index (κ2) is 11.4. The van der Waals surface area contributed by atoms with Gasteiger partial charge in [-0.2, -0.15) is 0 Å². The molecule has 2 heteroatoms. The Morgan fingerprint density at radius 1 is 0.438 bits per heavy atom. The Kier molecular flexibility index (Phi) is 7.57. The van der Waals surface area contributed by atoms with Gasteiger partial charge >= 0.3 is 0 Å². The molecule has 2 nitrogen and oxygen atoms in total. The highest BCUT2D eigenvalue weighted by Gasteiger charge is 1.96. The Balaban J connectivity index is 1.16. The van der Waals surface area contributed by atoms with Crippen molar-refractivity contribution in [3.8, 4) is 35.5 Å². The average molecular weight is 415 g/mol. The Labute approximate surface area is 189 Å². The van der Waals surface area contributed by atoms with Crippen LogP contribution in [0.2, 0.25) is 0 Å². The van der Waals surface area contributed by atoms with Crippen molar-refractivity contribution in [1.82, 2.24) is 0 Å². The van der Waals surface area contributed by atoms with Crippen LogP contribution in [0.3, 0.4) is 0 Å². The predicted octanol–water partition coefficient (Wildman–Crippen LogP) is 5.43. The third kappa shape index (κ3) is 5.78. The number of hydrogen-bond acceptors (Lipinski definition) is 2. The maximum Gasteiger partial charge on any atom is 0.109 e. The molecule has 154 valence electrons. The molecule has 4 rings (SSSR count). The summed E-state index contributed by atoms with van der Waals surface area (Å²) in [6, 6.07) is 28.7. The van der Waals surface area contributed by atoms with Crippen LogP contribution in [-0.4, -0.2) is 26.4 Å². The predicted molar refractivity (Wildman–Crippen MR) is 131 cm³/mol. The molecule has 0 aromatic heterocycles. The van der Waals surface area contributed by atoms with E-state index in [0.717, 1.165) is 21.9 Å². The normalized spacial score (nSPS) is 9.88. The Hall–Kier alpha value is -4.00. The number of hydrogen-bond donors (Lipinski definition) is 0. The number of benzene rings is 4. The maximum absolute atomic E-state index is 5.46. The van der Waals surface area contributed by atoms with Crippen molar-refractivity contribution in [1.29, 1.82) is 0 Å². The Bertz CT molecular complexity index is 1280. The first-order valence-electron chi connectivity index (χ1n) is 10.5. The fourth-order valence-corrected chi connectivity index (χ4v) is 3.34. The van der Waals surface area contributed by atoms with E-state index in [-0.39, 0.29) is 0 Å². The van der Waals surface area contributed by atoms with Crippen LogP contribution >= 0.6 is 0 Å². The van der Waals surface area contributed by atoms with Gasteiger partial charge in [0, 0.05) is 11.1 Å². The Morgan fingerprint density at radius 2 is 0.844 bits per heavy atom. The quantitative estimate of drug-likeness (QED) is 0.327. The summed E-state index contributed by atoms with van der Waals surface area (Å²) in [4.78, 5) is 0. The van der Waals surface area contributed by atoms with Crippen molar-refractivity contribution in [2.45, 2.75) is 0 Å². The van der Waals surface area contributed by atoms with Crippen molar-refractivity contribution in [3.05, 3.63) is 96.1 Å². The SMILES string of the molecule is C(#CCOCC#Cc1cccc2ccccc12)COCC#Cc1cccc2ccccc12. The molecule has 0 aliphatic carbocycles. The molecule has 4 aromatic carbocycles. The first-order valence-corrected chi connectivity index (χ1v) is 10.5. The molecule has 4 aromatic rings. The van der Waals surface area contributed by atoms with Crippen LogP contribution in [0.5, 0.6) is 0 Å². The molecule has 0 amide bonds. The molecule has 0 spiro atoms. The zero-order valence-corrected chi connectivity index (χ0v) is 17.7. The zero-order valence-electron chi connectivity index (χ0n) is 17.7. The molecule has 0 saturated carbocycles. The lowest BCUT2D eigenvalue weighted by atomic mass is 10.1. The van der Waals surface area contributed by atoms with Crippen molar-refractivity contribution in [2.24, 2.45) is 0 Å². The largest absolute Gasteiger partial charge is 0.356 e. The lowest BCUT2D eigenvalue weighted by Gasteiger charge is -1.99. The van der Waals surface area contributed by atoms with Gasteiger partial charge in [0.15, 0.2) is 0 Å². The first kappa shape index (κ1) is 21.2. The summed E-state index contributed by atoms with van der Waals surface area (Å²) in [5.74, 6) is 18.3. The van der Waals surface area contributed by atoms with Gasteiger partial charge in [0.05, 0.1) is 0 Å². The summed E-state index contributed by atoms with van der Waals surface area (Å²) in [5, 5.41) is 4.69. The fraction of sp³-hybridized carbons (Fsp3) is 0.133. The zero-order chi connectivity index (χ0) is 21.8. The van der Waals surface area contributed by atoms with Gasteiger partial charge < -0.3 is 9.47 Å². The summed E-state index contributed by atoms with van der Waals surface area (Å²) in [6.45, 7) is 1.34. The van der Waals surface area contributed by atoms with Gasteiger partial charge in [0.2, 0.25) is 0 Å². The van der Waals surface area contributed by atoms with Gasteiger partial charge in [-0.05, 0) is 33.7 Å². The van der Waals surface area contributed by atoms with Gasteiger partial charge in [-0.1, -0.05) is 108 Å². The van der Waals surface area contributed by atoms with Crippen molar-refractivity contribution >= 4 is 21.5 Å². The molecule has 0 radical (unpaired) electrons. The van der Waals surface area contributed by atoms with Crippen molar-refractivity contribution in [2.75, 3.05) is 26.4 Å². The minimum Gasteiger partial charge on any atom is -0.356 e. The molecule has 0 aliphatic rings. The van der Waals surface area contributed by atoms with E-state index in [0.29, 0.717) is 26.4 Å². The van der Waals surface area contributed by atoms with Crippen LogP contribution in [0, 0.1) is 35.5 Å². The smallest absolute Gasteiger partial charge is 0.109 e. The van der Waals surface area contributed by atoms with E-state index in [1.807, 2.05) is 48.5 Å². The van der Waals surface area contributed by atoms with E-state index in [1.165, 1.54) is 10.8 Å². The minimum absolute atomic E-state index is 0.329. The summed E-state index contributed by atoms with van der Waals surface area (Å²) >= 11 is 0. The molecule has 32 heavy (non-hydrogen) atoms. The molecule has 0 saturated heterocycles. The standard InChI is InChI=1S/C30H22O2/c1-3-19-29-25(11-1)13-7-15-27(29)17-9-23-31-21-5-6-22-32-24-10-18-28-16-8-14-26-12-2-4-20-30(26)28/h1-4,7-8,11-16,19-20H,21-24H2. The third-order valence-corrected chi connectivity index (χ3v) is 4.85. The topological polar surface area (TPSA) is 18.5 Å². The molecule has 0 atom stereocenters. The van der Waals surface area contributed by atoms with E-state index in [9.17, 15) is 0 Å². The van der Waals surface area contributed by atoms with E-state index >= 15 is 0 Å². The second-order valence-corrected chi connectivity index (χ2v) is 7.00. The van der Waals surface area contributed by atoms with Crippen LogP contribution in [-0.2, 0) is 9.47 Å². The molecule has 0 aliphatic heterocycles. The summed E-state index contributed by atoms with van der Waals surface area (Å²) in [6.07, 6.45) is 0. The number of rotatable bonds is 4. The molecule has 0 N–H and O–H groups in total. The number of ether oxygens (including phenoxy) is 2. The highest BCUT2D eigenvalue weighted by atomic mass is 16.5. The molecule has 0 heterocycles. The summed E-state index contributed by atoms with van der Waals surface area (Å²) in [5.41, 5.74) is 2.02. The lowest BCUT2D eigenvalue weighted by Crippen LogP contribution is -1.94. The number of fused-ring (bicyclic) bond motifs is 2. The van der Waals surface area contributed by atoms with Gasteiger partial charge in [-0.15, -0.1) is 0 Å². The van der Waals surface area contributed by atoms with Crippen LogP contribution in [0.1, 0.15) is 11.1 Å². The van der Waals surface area contributed by atoms with Gasteiger partial charge in [0.1, 0.15) is 26.4 Å². The first-order chi connectivity index (χ1) is 15.9. The highest BCUT2D eigenvalue weighted by molar-refractivity contribution is 5.88. The third-order valence-electron chi connectivity index (χ3n) is 4.85. The molecule has 0 unspecified atom stereocenters. The van der Waals surface area contributed by atoms with Crippen LogP contribution in [0.15, 0.2) is 84.9 Å². The van der Waals surface area contributed by atoms with Crippen molar-refractivity contribution in [3.63, 3.8) is 0 Å². The van der Waals surface area contributed by atoms with Gasteiger partial charge in [0.25, 0.3) is 0 Å². The summed E-state index contributed by atoms with van der Waals surface area (Å²) < 4.78 is 10.9. The molecule has 0 fully saturated rings. The fourth-order valence-electron chi connectivity index (χ4n) is 3.34. The Morgan fingerprint density at radius 3 is 1.34 bits per heavy atom. The highest BCUT2D eigenvalue weighted by Crippen LogP contribution is 2.18. The van der Waals surface area contributed by atoms with Crippen LogP contribution in [0.25, 0.3) is 21.5 Å². The van der Waals surface area contributed by atoms with Crippen LogP contribution in [0.4, 0.5) is 0 Å². The summed E-state index contributed by atoms with van der Waals surface area (Å²) in [7, 11) is 0. The van der Waals surface area contributed by atoms with E-state index < -0.39 is 0 Å². The molecular weight excluding hydrogens is 392 g/mol. The van der Waals surface area contributed by atoms with E-state index in [4.69, 9.17) is 9.47 Å². The van der Waals surface area contributed by atoms with Gasteiger partial charge in [-0.25, -0.2) is 0 Å². The van der Waals surface area contributed by atoms with Crippen molar-refractivity contribution < 1.29 is 9.47 Å². The van der Waals surface area contributed by atoms with E-state index in [2.05, 4.69) is 71.9 Å². The lowest BCUT2D eigenvalue weighted by molar-refractivity contribution is 0.198. The second-order valence-electron chi connectivity index (χ2n) is 7.00. The molecule has 0 bridgehead atoms.